The Morgan fingerprint density at radius 2 is 2.00 bits per heavy atom. The largest absolute Gasteiger partial charge is 0.390 e. The van der Waals surface area contributed by atoms with E-state index in [2.05, 4.69) is 6.92 Å². The first-order valence-electron chi connectivity index (χ1n) is 4.15. The van der Waals surface area contributed by atoms with Gasteiger partial charge in [-0.15, -0.1) is 0 Å². The molecular formula is C8H14O3. The lowest BCUT2D eigenvalue weighted by atomic mass is 9.86. The molecule has 0 aromatic rings. The predicted octanol–water partition coefficient (Wildman–Crippen LogP) is 0.375. The van der Waals surface area contributed by atoms with Crippen LogP contribution < -0.4 is 0 Å². The first kappa shape index (κ1) is 7.53. The number of hydrogen-bond donors (Lipinski definition) is 1. The van der Waals surface area contributed by atoms with E-state index in [9.17, 15) is 5.11 Å². The molecule has 2 rings (SSSR count). The molecule has 0 saturated carbocycles. The predicted molar refractivity (Wildman–Crippen MR) is 38.9 cm³/mol. The van der Waals surface area contributed by atoms with Gasteiger partial charge in [0, 0.05) is 5.92 Å². The third-order valence-electron chi connectivity index (χ3n) is 2.91. The topological polar surface area (TPSA) is 38.7 Å². The summed E-state index contributed by atoms with van der Waals surface area (Å²) in [5.74, 6) is 0.602. The van der Waals surface area contributed by atoms with Gasteiger partial charge in [-0.05, 0) is 5.92 Å². The minimum Gasteiger partial charge on any atom is -0.390 e. The van der Waals surface area contributed by atoms with Crippen LogP contribution in [0, 0.1) is 11.8 Å². The SMILES string of the molecule is C[C@@H]1[C@@H]2OC[C@@H](O2)[C@@H](O)[C@@H]1C. The lowest BCUT2D eigenvalue weighted by molar-refractivity contribution is -0.173. The van der Waals surface area contributed by atoms with E-state index in [0.29, 0.717) is 18.4 Å². The van der Waals surface area contributed by atoms with Crippen LogP contribution in [-0.4, -0.2) is 30.2 Å². The van der Waals surface area contributed by atoms with Gasteiger partial charge in [-0.3, -0.25) is 0 Å². The molecule has 0 aromatic carbocycles. The van der Waals surface area contributed by atoms with Crippen LogP contribution in [0.4, 0.5) is 0 Å². The first-order chi connectivity index (χ1) is 5.20. The molecule has 2 fully saturated rings. The lowest BCUT2D eigenvalue weighted by Gasteiger charge is -2.34. The molecule has 2 aliphatic rings. The van der Waals surface area contributed by atoms with Crippen molar-refractivity contribution in [2.75, 3.05) is 6.61 Å². The molecule has 2 aliphatic heterocycles. The Labute approximate surface area is 66.3 Å². The molecule has 2 bridgehead atoms. The second-order valence-corrected chi connectivity index (χ2v) is 3.59. The number of aliphatic hydroxyl groups is 1. The van der Waals surface area contributed by atoms with E-state index in [1.165, 1.54) is 0 Å². The number of fused-ring (bicyclic) bond motifs is 2. The van der Waals surface area contributed by atoms with Gasteiger partial charge in [-0.2, -0.15) is 0 Å². The van der Waals surface area contributed by atoms with E-state index in [1.807, 2.05) is 6.92 Å². The van der Waals surface area contributed by atoms with E-state index >= 15 is 0 Å². The van der Waals surface area contributed by atoms with Crippen molar-refractivity contribution >= 4 is 0 Å². The normalized spacial score (nSPS) is 56.5. The quantitative estimate of drug-likeness (QED) is 0.553. The fourth-order valence-corrected chi connectivity index (χ4v) is 1.79. The van der Waals surface area contributed by atoms with Gasteiger partial charge in [0.1, 0.15) is 6.10 Å². The van der Waals surface area contributed by atoms with Gasteiger partial charge in [-0.25, -0.2) is 0 Å². The van der Waals surface area contributed by atoms with Crippen LogP contribution in [0.1, 0.15) is 13.8 Å². The summed E-state index contributed by atoms with van der Waals surface area (Å²) in [6.07, 6.45) is -0.492. The van der Waals surface area contributed by atoms with Crippen LogP contribution in [0.2, 0.25) is 0 Å². The summed E-state index contributed by atoms with van der Waals surface area (Å²) in [7, 11) is 0. The van der Waals surface area contributed by atoms with Crippen LogP contribution in [0.3, 0.4) is 0 Å². The zero-order valence-electron chi connectivity index (χ0n) is 6.86. The van der Waals surface area contributed by atoms with Gasteiger partial charge in [-0.1, -0.05) is 13.8 Å². The van der Waals surface area contributed by atoms with Gasteiger partial charge in [0.25, 0.3) is 0 Å². The molecular weight excluding hydrogens is 144 g/mol. The third-order valence-corrected chi connectivity index (χ3v) is 2.91. The van der Waals surface area contributed by atoms with Crippen molar-refractivity contribution in [2.45, 2.75) is 32.3 Å². The Kier molecular flexibility index (Phi) is 1.67. The summed E-state index contributed by atoms with van der Waals surface area (Å²) in [6, 6.07) is 0. The molecule has 2 saturated heterocycles. The van der Waals surface area contributed by atoms with Crippen LogP contribution in [0.15, 0.2) is 0 Å². The average molecular weight is 158 g/mol. The highest BCUT2D eigenvalue weighted by Gasteiger charge is 2.45. The van der Waals surface area contributed by atoms with Crippen molar-refractivity contribution in [1.29, 1.82) is 0 Å². The van der Waals surface area contributed by atoms with Crippen molar-refractivity contribution < 1.29 is 14.6 Å². The molecule has 0 aliphatic carbocycles. The molecule has 64 valence electrons. The first-order valence-corrected chi connectivity index (χ1v) is 4.15. The molecule has 0 aromatic heterocycles. The summed E-state index contributed by atoms with van der Waals surface area (Å²) in [6.45, 7) is 4.66. The Bertz CT molecular complexity index is 139. The van der Waals surface area contributed by atoms with E-state index in [1.54, 1.807) is 0 Å². The Morgan fingerprint density at radius 1 is 1.27 bits per heavy atom. The third kappa shape index (κ3) is 0.991. The van der Waals surface area contributed by atoms with Crippen LogP contribution >= 0.6 is 0 Å². The van der Waals surface area contributed by atoms with Gasteiger partial charge in [0.05, 0.1) is 12.7 Å². The fourth-order valence-electron chi connectivity index (χ4n) is 1.79. The Balaban J connectivity index is 2.16. The van der Waals surface area contributed by atoms with Crippen molar-refractivity contribution in [3.63, 3.8) is 0 Å². The second kappa shape index (κ2) is 2.44. The summed E-state index contributed by atoms with van der Waals surface area (Å²) in [4.78, 5) is 0. The number of ether oxygens (including phenoxy) is 2. The van der Waals surface area contributed by atoms with E-state index in [0.717, 1.165) is 0 Å². The van der Waals surface area contributed by atoms with Crippen molar-refractivity contribution in [3.05, 3.63) is 0 Å². The maximum Gasteiger partial charge on any atom is 0.161 e. The summed E-state index contributed by atoms with van der Waals surface area (Å²) in [5, 5.41) is 9.63. The van der Waals surface area contributed by atoms with Crippen LogP contribution in [0.25, 0.3) is 0 Å². The van der Waals surface area contributed by atoms with Crippen molar-refractivity contribution in [2.24, 2.45) is 11.8 Å². The van der Waals surface area contributed by atoms with Crippen molar-refractivity contribution in [1.82, 2.24) is 0 Å². The van der Waals surface area contributed by atoms with E-state index < -0.39 is 0 Å². The molecule has 3 heteroatoms. The monoisotopic (exact) mass is 158 g/mol. The zero-order chi connectivity index (χ0) is 8.01. The molecule has 5 atom stereocenters. The minimum atomic E-state index is -0.344. The molecule has 11 heavy (non-hydrogen) atoms. The maximum absolute atomic E-state index is 9.63. The highest BCUT2D eigenvalue weighted by Crippen LogP contribution is 2.35. The molecule has 0 spiro atoms. The molecule has 0 unspecified atom stereocenters. The molecule has 2 heterocycles. The lowest BCUT2D eigenvalue weighted by Crippen LogP contribution is -2.44. The Hall–Kier alpha value is -0.120. The highest BCUT2D eigenvalue weighted by atomic mass is 16.7. The van der Waals surface area contributed by atoms with Crippen LogP contribution in [0.5, 0.6) is 0 Å². The smallest absolute Gasteiger partial charge is 0.161 e. The van der Waals surface area contributed by atoms with E-state index in [-0.39, 0.29) is 18.5 Å². The summed E-state index contributed by atoms with van der Waals surface area (Å²) < 4.78 is 10.8. The molecule has 3 nitrogen and oxygen atoms in total. The number of hydrogen-bond acceptors (Lipinski definition) is 3. The minimum absolute atomic E-state index is 0.0709. The summed E-state index contributed by atoms with van der Waals surface area (Å²) in [5.41, 5.74) is 0. The van der Waals surface area contributed by atoms with Gasteiger partial charge in [0.15, 0.2) is 6.29 Å². The van der Waals surface area contributed by atoms with Gasteiger partial charge in [0.2, 0.25) is 0 Å². The molecule has 1 N–H and O–H groups in total. The summed E-state index contributed by atoms with van der Waals surface area (Å²) >= 11 is 0. The average Bonchev–Trinajstić information content (AvgIpc) is 2.44. The maximum atomic E-state index is 9.63. The Morgan fingerprint density at radius 3 is 2.73 bits per heavy atom. The number of rotatable bonds is 0. The number of aliphatic hydroxyl groups excluding tert-OH is 1. The zero-order valence-corrected chi connectivity index (χ0v) is 6.86. The van der Waals surface area contributed by atoms with Crippen LogP contribution in [-0.2, 0) is 9.47 Å². The standard InChI is InChI=1S/C8H14O3/c1-4-5(2)8-10-3-6(11-8)7(4)9/h4-9H,3H2,1-2H3/t4-,5+,6-,7+,8-/m1/s1. The van der Waals surface area contributed by atoms with Crippen molar-refractivity contribution in [3.8, 4) is 0 Å². The fraction of sp³-hybridized carbons (Fsp3) is 1.00. The highest BCUT2D eigenvalue weighted by molar-refractivity contribution is 4.88. The molecule has 0 radical (unpaired) electrons. The molecule has 0 amide bonds. The van der Waals surface area contributed by atoms with Gasteiger partial charge >= 0.3 is 0 Å². The van der Waals surface area contributed by atoms with E-state index in [4.69, 9.17) is 9.47 Å². The van der Waals surface area contributed by atoms with Gasteiger partial charge < -0.3 is 14.6 Å². The second-order valence-electron chi connectivity index (χ2n) is 3.59.